The predicted octanol–water partition coefficient (Wildman–Crippen LogP) is 0.641. The predicted molar refractivity (Wildman–Crippen MR) is 45.8 cm³/mol. The van der Waals surface area contributed by atoms with Gasteiger partial charge < -0.3 is 5.32 Å². The van der Waals surface area contributed by atoms with Gasteiger partial charge in [-0.3, -0.25) is 0 Å². The zero-order valence-corrected chi connectivity index (χ0v) is 7.54. The molecule has 0 spiro atoms. The van der Waals surface area contributed by atoms with Crippen LogP contribution >= 0.6 is 0 Å². The van der Waals surface area contributed by atoms with Crippen LogP contribution < -0.4 is 5.32 Å². The van der Waals surface area contributed by atoms with E-state index in [1.807, 2.05) is 11.7 Å². The van der Waals surface area contributed by atoms with Crippen LogP contribution in [0.2, 0.25) is 0 Å². The molecule has 4 heteroatoms. The van der Waals surface area contributed by atoms with Gasteiger partial charge in [0, 0.05) is 6.54 Å². The van der Waals surface area contributed by atoms with E-state index >= 15 is 0 Å². The normalized spacial score (nSPS) is 16.8. The summed E-state index contributed by atoms with van der Waals surface area (Å²) in [6.45, 7) is 2.91. The fraction of sp³-hybridized carbons (Fsp3) is 0.750. The number of rotatable bonds is 3. The van der Waals surface area contributed by atoms with E-state index in [2.05, 4.69) is 22.6 Å². The molecule has 1 aromatic rings. The van der Waals surface area contributed by atoms with Crippen LogP contribution in [0.25, 0.3) is 0 Å². The summed E-state index contributed by atoms with van der Waals surface area (Å²) in [6.07, 6.45) is 2.53. The lowest BCUT2D eigenvalue weighted by Crippen LogP contribution is -2.07. The Bertz CT molecular complexity index is 275. The van der Waals surface area contributed by atoms with E-state index in [9.17, 15) is 0 Å². The monoisotopic (exact) mass is 166 g/mol. The van der Waals surface area contributed by atoms with Gasteiger partial charge >= 0.3 is 0 Å². The molecule has 0 radical (unpaired) electrons. The fourth-order valence-electron chi connectivity index (χ4n) is 1.37. The van der Waals surface area contributed by atoms with Crippen molar-refractivity contribution in [3.8, 4) is 0 Å². The van der Waals surface area contributed by atoms with E-state index < -0.39 is 0 Å². The average Bonchev–Trinajstić information content (AvgIpc) is 2.82. The first-order chi connectivity index (χ1) is 5.83. The van der Waals surface area contributed by atoms with Crippen LogP contribution in [0.4, 0.5) is 0 Å². The standard InChI is InChI=1S/C8H14N4/c1-6-8(5-9-2)10-11-12(6)7-3-4-7/h7,9H,3-5H2,1-2H3. The van der Waals surface area contributed by atoms with Gasteiger partial charge in [-0.05, 0) is 26.8 Å². The Hall–Kier alpha value is -0.900. The molecule has 2 rings (SSSR count). The second-order valence-corrected chi connectivity index (χ2v) is 3.33. The number of hydrogen-bond donors (Lipinski definition) is 1. The second-order valence-electron chi connectivity index (χ2n) is 3.33. The van der Waals surface area contributed by atoms with Crippen molar-refractivity contribution < 1.29 is 0 Å². The second kappa shape index (κ2) is 2.86. The smallest absolute Gasteiger partial charge is 0.0993 e. The Labute approximate surface area is 72.0 Å². The number of hydrogen-bond acceptors (Lipinski definition) is 3. The summed E-state index contributed by atoms with van der Waals surface area (Å²) >= 11 is 0. The van der Waals surface area contributed by atoms with Gasteiger partial charge in [-0.1, -0.05) is 5.21 Å². The molecule has 0 aromatic carbocycles. The fourth-order valence-corrected chi connectivity index (χ4v) is 1.37. The Morgan fingerprint density at radius 1 is 1.58 bits per heavy atom. The van der Waals surface area contributed by atoms with Gasteiger partial charge in [0.1, 0.15) is 0 Å². The first kappa shape index (κ1) is 7.73. The molecule has 0 saturated heterocycles. The van der Waals surface area contributed by atoms with Crippen molar-refractivity contribution in [3.05, 3.63) is 11.4 Å². The van der Waals surface area contributed by atoms with Crippen LogP contribution in [0.3, 0.4) is 0 Å². The lowest BCUT2D eigenvalue weighted by Gasteiger charge is -1.99. The molecule has 1 heterocycles. The van der Waals surface area contributed by atoms with Crippen molar-refractivity contribution in [1.29, 1.82) is 0 Å². The lowest BCUT2D eigenvalue weighted by molar-refractivity contribution is 0.595. The minimum absolute atomic E-state index is 0.642. The van der Waals surface area contributed by atoms with Crippen molar-refractivity contribution >= 4 is 0 Å². The third-order valence-corrected chi connectivity index (χ3v) is 2.26. The summed E-state index contributed by atoms with van der Waals surface area (Å²) in [6, 6.07) is 0.642. The van der Waals surface area contributed by atoms with Gasteiger partial charge in [0.15, 0.2) is 0 Å². The molecular weight excluding hydrogens is 152 g/mol. The molecule has 12 heavy (non-hydrogen) atoms. The maximum atomic E-state index is 4.12. The first-order valence-corrected chi connectivity index (χ1v) is 4.38. The highest BCUT2D eigenvalue weighted by atomic mass is 15.5. The highest BCUT2D eigenvalue weighted by Crippen LogP contribution is 2.35. The summed E-state index contributed by atoms with van der Waals surface area (Å²) in [5.41, 5.74) is 2.29. The Morgan fingerprint density at radius 3 is 2.92 bits per heavy atom. The summed E-state index contributed by atoms with van der Waals surface area (Å²) in [5.74, 6) is 0. The maximum absolute atomic E-state index is 4.12. The third kappa shape index (κ3) is 1.22. The number of nitrogens with zero attached hydrogens (tertiary/aromatic N) is 3. The molecule has 1 aliphatic carbocycles. The van der Waals surface area contributed by atoms with Gasteiger partial charge in [-0.15, -0.1) is 5.10 Å². The Kier molecular flexibility index (Phi) is 1.84. The molecule has 1 aliphatic rings. The molecule has 0 amide bonds. The zero-order valence-electron chi connectivity index (χ0n) is 7.54. The maximum Gasteiger partial charge on any atom is 0.0993 e. The van der Waals surface area contributed by atoms with Gasteiger partial charge in [-0.2, -0.15) is 0 Å². The van der Waals surface area contributed by atoms with Crippen LogP contribution in [-0.4, -0.2) is 22.0 Å². The average molecular weight is 166 g/mol. The largest absolute Gasteiger partial charge is 0.314 e. The summed E-state index contributed by atoms with van der Waals surface area (Å²) in [5, 5.41) is 11.3. The van der Waals surface area contributed by atoms with Crippen LogP contribution in [0.15, 0.2) is 0 Å². The van der Waals surface area contributed by atoms with Crippen molar-refractivity contribution in [2.45, 2.75) is 32.4 Å². The van der Waals surface area contributed by atoms with Crippen LogP contribution in [0.5, 0.6) is 0 Å². The van der Waals surface area contributed by atoms with Gasteiger partial charge in [0.05, 0.1) is 17.4 Å². The Balaban J connectivity index is 2.21. The van der Waals surface area contributed by atoms with Crippen molar-refractivity contribution in [2.75, 3.05) is 7.05 Å². The van der Waals surface area contributed by atoms with E-state index in [4.69, 9.17) is 0 Å². The third-order valence-electron chi connectivity index (χ3n) is 2.26. The molecule has 0 unspecified atom stereocenters. The van der Waals surface area contributed by atoms with E-state index in [0.717, 1.165) is 12.2 Å². The Morgan fingerprint density at radius 2 is 2.33 bits per heavy atom. The molecule has 0 atom stereocenters. The molecule has 0 aliphatic heterocycles. The molecule has 4 nitrogen and oxygen atoms in total. The van der Waals surface area contributed by atoms with Crippen molar-refractivity contribution in [1.82, 2.24) is 20.3 Å². The molecule has 0 bridgehead atoms. The van der Waals surface area contributed by atoms with E-state index in [-0.39, 0.29) is 0 Å². The van der Waals surface area contributed by atoms with E-state index in [1.165, 1.54) is 18.5 Å². The summed E-state index contributed by atoms with van der Waals surface area (Å²) < 4.78 is 2.05. The van der Waals surface area contributed by atoms with Crippen LogP contribution in [0, 0.1) is 6.92 Å². The first-order valence-electron chi connectivity index (χ1n) is 4.38. The topological polar surface area (TPSA) is 42.7 Å². The zero-order chi connectivity index (χ0) is 8.55. The van der Waals surface area contributed by atoms with Gasteiger partial charge in [0.2, 0.25) is 0 Å². The minimum Gasteiger partial charge on any atom is -0.314 e. The quantitative estimate of drug-likeness (QED) is 0.716. The van der Waals surface area contributed by atoms with Crippen molar-refractivity contribution in [2.24, 2.45) is 0 Å². The summed E-state index contributed by atoms with van der Waals surface area (Å²) in [7, 11) is 1.93. The number of nitrogens with one attached hydrogen (secondary N) is 1. The highest BCUT2D eigenvalue weighted by Gasteiger charge is 2.26. The summed E-state index contributed by atoms with van der Waals surface area (Å²) in [4.78, 5) is 0. The molecule has 1 aromatic heterocycles. The highest BCUT2D eigenvalue weighted by molar-refractivity contribution is 5.09. The van der Waals surface area contributed by atoms with Crippen LogP contribution in [-0.2, 0) is 6.54 Å². The molecule has 66 valence electrons. The number of aromatic nitrogens is 3. The molecule has 1 saturated carbocycles. The van der Waals surface area contributed by atoms with Crippen LogP contribution in [0.1, 0.15) is 30.3 Å². The van der Waals surface area contributed by atoms with Gasteiger partial charge in [0.25, 0.3) is 0 Å². The minimum atomic E-state index is 0.642. The lowest BCUT2D eigenvalue weighted by atomic mass is 10.3. The van der Waals surface area contributed by atoms with Crippen molar-refractivity contribution in [3.63, 3.8) is 0 Å². The SMILES string of the molecule is CNCc1nnn(C2CC2)c1C. The van der Waals surface area contributed by atoms with Gasteiger partial charge in [-0.25, -0.2) is 4.68 Å². The molecular formula is C8H14N4. The molecule has 1 N–H and O–H groups in total. The van der Waals surface area contributed by atoms with E-state index in [1.54, 1.807) is 0 Å². The van der Waals surface area contributed by atoms with E-state index in [0.29, 0.717) is 6.04 Å². The molecule has 1 fully saturated rings.